The number of nitrogens with one attached hydrogen (secondary N) is 1. The fourth-order valence-corrected chi connectivity index (χ4v) is 4.06. The summed E-state index contributed by atoms with van der Waals surface area (Å²) in [4.78, 5) is 0.210. The summed E-state index contributed by atoms with van der Waals surface area (Å²) < 4.78 is 32.3. The van der Waals surface area contributed by atoms with Gasteiger partial charge in [0.25, 0.3) is 0 Å². The van der Waals surface area contributed by atoms with Gasteiger partial charge in [-0.15, -0.1) is 0 Å². The van der Waals surface area contributed by atoms with Crippen LogP contribution in [0.4, 0.5) is 0 Å². The van der Waals surface area contributed by atoms with Crippen LogP contribution in [0.25, 0.3) is 0 Å². The normalized spacial score (nSPS) is 16.1. The zero-order valence-corrected chi connectivity index (χ0v) is 15.1. The van der Waals surface area contributed by atoms with Crippen molar-refractivity contribution < 1.29 is 12.8 Å². The maximum Gasteiger partial charge on any atom is 0.247 e. The standard InChI is InChI=1S/C14H23BrN2O3S/c1-10(2)6-7-17(3)21(18,19)13-8-12(20-14(13)15)9-16-11-4-5-11/h8,10-11,16H,4-7,9H2,1-3H3. The minimum atomic E-state index is -3.50. The summed E-state index contributed by atoms with van der Waals surface area (Å²) in [5.74, 6) is 1.11. The Morgan fingerprint density at radius 3 is 2.71 bits per heavy atom. The smallest absolute Gasteiger partial charge is 0.247 e. The summed E-state index contributed by atoms with van der Waals surface area (Å²) in [5, 5.41) is 3.31. The number of hydrogen-bond acceptors (Lipinski definition) is 4. The van der Waals surface area contributed by atoms with E-state index in [1.165, 1.54) is 17.1 Å². The van der Waals surface area contributed by atoms with Crippen LogP contribution in [0.15, 0.2) is 20.0 Å². The fraction of sp³-hybridized carbons (Fsp3) is 0.714. The van der Waals surface area contributed by atoms with Gasteiger partial charge in [0.15, 0.2) is 4.67 Å². The van der Waals surface area contributed by atoms with E-state index in [1.54, 1.807) is 13.1 Å². The second kappa shape index (κ2) is 6.81. The van der Waals surface area contributed by atoms with E-state index in [0.717, 1.165) is 6.42 Å². The third-order valence-electron chi connectivity index (χ3n) is 3.56. The average Bonchev–Trinajstić information content (AvgIpc) is 3.15. The van der Waals surface area contributed by atoms with Crippen LogP contribution < -0.4 is 5.32 Å². The van der Waals surface area contributed by atoms with Crippen LogP contribution >= 0.6 is 15.9 Å². The number of rotatable bonds is 8. The molecule has 0 radical (unpaired) electrons. The van der Waals surface area contributed by atoms with E-state index in [9.17, 15) is 8.42 Å². The summed E-state index contributed by atoms with van der Waals surface area (Å²) in [7, 11) is -1.89. The predicted octanol–water partition coefficient (Wildman–Crippen LogP) is 2.96. The van der Waals surface area contributed by atoms with E-state index in [4.69, 9.17) is 4.42 Å². The Hall–Kier alpha value is -0.370. The fourth-order valence-electron chi connectivity index (χ4n) is 1.92. The van der Waals surface area contributed by atoms with Crippen molar-refractivity contribution in [2.24, 2.45) is 5.92 Å². The molecule has 21 heavy (non-hydrogen) atoms. The first-order valence-electron chi connectivity index (χ1n) is 7.28. The number of sulfonamides is 1. The Kier molecular flexibility index (Phi) is 5.51. The zero-order valence-electron chi connectivity index (χ0n) is 12.7. The molecule has 0 aromatic carbocycles. The molecule has 0 spiro atoms. The van der Waals surface area contributed by atoms with Gasteiger partial charge in [0.05, 0.1) is 6.54 Å². The molecule has 5 nitrogen and oxygen atoms in total. The van der Waals surface area contributed by atoms with E-state index < -0.39 is 10.0 Å². The SMILES string of the molecule is CC(C)CCN(C)S(=O)(=O)c1cc(CNC2CC2)oc1Br. The third kappa shape index (κ3) is 4.55. The van der Waals surface area contributed by atoms with Gasteiger partial charge < -0.3 is 9.73 Å². The molecule has 120 valence electrons. The lowest BCUT2D eigenvalue weighted by molar-refractivity contribution is 0.424. The molecule has 1 heterocycles. The largest absolute Gasteiger partial charge is 0.452 e. The van der Waals surface area contributed by atoms with Crippen LogP contribution in [0.1, 0.15) is 38.9 Å². The van der Waals surface area contributed by atoms with Crippen molar-refractivity contribution in [2.75, 3.05) is 13.6 Å². The molecule has 1 saturated carbocycles. The molecule has 0 aliphatic heterocycles. The molecule has 2 rings (SSSR count). The van der Waals surface area contributed by atoms with Gasteiger partial charge in [0, 0.05) is 25.7 Å². The zero-order chi connectivity index (χ0) is 15.6. The Morgan fingerprint density at radius 1 is 1.48 bits per heavy atom. The van der Waals surface area contributed by atoms with Gasteiger partial charge in [-0.2, -0.15) is 0 Å². The van der Waals surface area contributed by atoms with Crippen molar-refractivity contribution >= 4 is 26.0 Å². The highest BCUT2D eigenvalue weighted by atomic mass is 79.9. The summed E-state index contributed by atoms with van der Waals surface area (Å²) in [6.45, 7) is 5.23. The lowest BCUT2D eigenvalue weighted by Gasteiger charge is -2.17. The molecular formula is C14H23BrN2O3S. The quantitative estimate of drug-likeness (QED) is 0.755. The molecular weight excluding hydrogens is 356 g/mol. The van der Waals surface area contributed by atoms with Gasteiger partial charge in [-0.3, -0.25) is 0 Å². The highest BCUT2D eigenvalue weighted by molar-refractivity contribution is 9.10. The van der Waals surface area contributed by atoms with Gasteiger partial charge in [-0.25, -0.2) is 12.7 Å². The third-order valence-corrected chi connectivity index (χ3v) is 6.27. The van der Waals surface area contributed by atoms with Crippen molar-refractivity contribution in [1.82, 2.24) is 9.62 Å². The molecule has 7 heteroatoms. The average molecular weight is 379 g/mol. The monoisotopic (exact) mass is 378 g/mol. The predicted molar refractivity (Wildman–Crippen MR) is 85.5 cm³/mol. The van der Waals surface area contributed by atoms with Gasteiger partial charge in [0.1, 0.15) is 10.7 Å². The topological polar surface area (TPSA) is 62.6 Å². The van der Waals surface area contributed by atoms with E-state index in [1.807, 2.05) is 0 Å². The van der Waals surface area contributed by atoms with Crippen LogP contribution in [-0.2, 0) is 16.6 Å². The summed E-state index contributed by atoms with van der Waals surface area (Å²) in [5.41, 5.74) is 0. The Labute approximate surface area is 135 Å². The first-order valence-corrected chi connectivity index (χ1v) is 9.52. The molecule has 1 aliphatic carbocycles. The lowest BCUT2D eigenvalue weighted by Crippen LogP contribution is -2.28. The van der Waals surface area contributed by atoms with Gasteiger partial charge in [-0.05, 0) is 41.1 Å². The Morgan fingerprint density at radius 2 is 2.14 bits per heavy atom. The second-order valence-corrected chi connectivity index (χ2v) is 8.75. The molecule has 0 bridgehead atoms. The minimum Gasteiger partial charge on any atom is -0.452 e. The summed E-state index contributed by atoms with van der Waals surface area (Å²) in [6, 6.07) is 2.17. The maximum atomic E-state index is 12.5. The van der Waals surface area contributed by atoms with Gasteiger partial charge in [-0.1, -0.05) is 13.8 Å². The number of hydrogen-bond donors (Lipinski definition) is 1. The summed E-state index contributed by atoms with van der Waals surface area (Å²) >= 11 is 3.22. The molecule has 0 saturated heterocycles. The van der Waals surface area contributed by atoms with Gasteiger partial charge in [0.2, 0.25) is 10.0 Å². The number of furan rings is 1. The van der Waals surface area contributed by atoms with Crippen molar-refractivity contribution in [3.63, 3.8) is 0 Å². The van der Waals surface area contributed by atoms with E-state index in [0.29, 0.717) is 30.8 Å². The van der Waals surface area contributed by atoms with Crippen LogP contribution in [0.2, 0.25) is 0 Å². The summed E-state index contributed by atoms with van der Waals surface area (Å²) in [6.07, 6.45) is 3.21. The first-order chi connectivity index (χ1) is 9.80. The maximum absolute atomic E-state index is 12.5. The molecule has 1 aromatic rings. The van der Waals surface area contributed by atoms with Crippen molar-refractivity contribution in [1.29, 1.82) is 0 Å². The van der Waals surface area contributed by atoms with E-state index >= 15 is 0 Å². The molecule has 0 atom stereocenters. The van der Waals surface area contributed by atoms with Gasteiger partial charge >= 0.3 is 0 Å². The molecule has 1 N–H and O–H groups in total. The Balaban J connectivity index is 2.07. The Bertz CT molecular complexity index is 579. The highest BCUT2D eigenvalue weighted by Crippen LogP contribution is 2.29. The van der Waals surface area contributed by atoms with E-state index in [2.05, 4.69) is 35.1 Å². The molecule has 1 aliphatic rings. The van der Waals surface area contributed by atoms with Crippen LogP contribution in [0.5, 0.6) is 0 Å². The highest BCUT2D eigenvalue weighted by Gasteiger charge is 2.27. The van der Waals surface area contributed by atoms with Crippen LogP contribution in [0, 0.1) is 5.92 Å². The van der Waals surface area contributed by atoms with Crippen molar-refractivity contribution in [3.8, 4) is 0 Å². The molecule has 0 amide bonds. The lowest BCUT2D eigenvalue weighted by atomic mass is 10.1. The van der Waals surface area contributed by atoms with Crippen molar-refractivity contribution in [2.45, 2.75) is 50.6 Å². The number of nitrogens with zero attached hydrogens (tertiary/aromatic N) is 1. The van der Waals surface area contributed by atoms with E-state index in [-0.39, 0.29) is 9.56 Å². The second-order valence-electron chi connectivity index (χ2n) is 6.01. The molecule has 0 unspecified atom stereocenters. The minimum absolute atomic E-state index is 0.210. The number of halogens is 1. The van der Waals surface area contributed by atoms with Crippen LogP contribution in [-0.4, -0.2) is 32.4 Å². The van der Waals surface area contributed by atoms with Crippen molar-refractivity contribution in [3.05, 3.63) is 16.5 Å². The molecule has 1 fully saturated rings. The van der Waals surface area contributed by atoms with Crippen LogP contribution in [0.3, 0.4) is 0 Å². The first kappa shape index (κ1) is 17.0. The molecule has 1 aromatic heterocycles.